The predicted octanol–water partition coefficient (Wildman–Crippen LogP) is 1.55. The van der Waals surface area contributed by atoms with Gasteiger partial charge in [0.25, 0.3) is 0 Å². The summed E-state index contributed by atoms with van der Waals surface area (Å²) in [5, 5.41) is 19.4. The molecular formula is C10H20O2. The minimum atomic E-state index is -0.319. The molecule has 2 heteroatoms. The molecule has 0 spiro atoms. The Morgan fingerprint density at radius 1 is 1.17 bits per heavy atom. The van der Waals surface area contributed by atoms with E-state index < -0.39 is 0 Å². The largest absolute Gasteiger partial charge is 0.393 e. The van der Waals surface area contributed by atoms with Crippen molar-refractivity contribution in [3.8, 4) is 0 Å². The Bertz CT molecular complexity index is 134. The number of aliphatic hydroxyl groups is 2. The zero-order chi connectivity index (χ0) is 9.14. The van der Waals surface area contributed by atoms with Gasteiger partial charge in [0.1, 0.15) is 0 Å². The van der Waals surface area contributed by atoms with E-state index in [0.717, 1.165) is 25.7 Å². The van der Waals surface area contributed by atoms with E-state index in [1.165, 1.54) is 0 Å². The van der Waals surface area contributed by atoms with Gasteiger partial charge in [-0.15, -0.1) is 0 Å². The van der Waals surface area contributed by atoms with Crippen LogP contribution in [0.4, 0.5) is 0 Å². The monoisotopic (exact) mass is 172 g/mol. The summed E-state index contributed by atoms with van der Waals surface area (Å²) < 4.78 is 0. The molecule has 12 heavy (non-hydrogen) atoms. The smallest absolute Gasteiger partial charge is 0.0615 e. The van der Waals surface area contributed by atoms with Gasteiger partial charge >= 0.3 is 0 Å². The molecule has 0 aromatic heterocycles. The first-order valence-electron chi connectivity index (χ1n) is 4.99. The number of hydrogen-bond donors (Lipinski definition) is 2. The lowest BCUT2D eigenvalue weighted by Crippen LogP contribution is -2.37. The minimum Gasteiger partial charge on any atom is -0.393 e. The summed E-state index contributed by atoms with van der Waals surface area (Å²) in [5.41, 5.74) is 0. The van der Waals surface area contributed by atoms with Crippen LogP contribution in [0.2, 0.25) is 0 Å². The van der Waals surface area contributed by atoms with Crippen LogP contribution in [0.1, 0.15) is 39.5 Å². The maximum atomic E-state index is 9.76. The van der Waals surface area contributed by atoms with Crippen molar-refractivity contribution in [2.45, 2.75) is 51.7 Å². The fraction of sp³-hybridized carbons (Fsp3) is 1.00. The Morgan fingerprint density at radius 2 is 1.75 bits per heavy atom. The fourth-order valence-electron chi connectivity index (χ4n) is 2.03. The van der Waals surface area contributed by atoms with Crippen molar-refractivity contribution >= 4 is 0 Å². The first kappa shape index (κ1) is 10.0. The van der Waals surface area contributed by atoms with Gasteiger partial charge in [0.15, 0.2) is 0 Å². The van der Waals surface area contributed by atoms with Crippen LogP contribution < -0.4 is 0 Å². The Morgan fingerprint density at radius 3 is 2.25 bits per heavy atom. The van der Waals surface area contributed by atoms with Crippen LogP contribution in [0.25, 0.3) is 0 Å². The summed E-state index contributed by atoms with van der Waals surface area (Å²) >= 11 is 0. The summed E-state index contributed by atoms with van der Waals surface area (Å²) in [5.74, 6) is 0.390. The summed E-state index contributed by atoms with van der Waals surface area (Å²) in [4.78, 5) is 0. The van der Waals surface area contributed by atoms with Gasteiger partial charge in [-0.3, -0.25) is 0 Å². The van der Waals surface area contributed by atoms with E-state index in [9.17, 15) is 10.2 Å². The first-order chi connectivity index (χ1) is 5.63. The van der Waals surface area contributed by atoms with Gasteiger partial charge in [0.2, 0.25) is 0 Å². The van der Waals surface area contributed by atoms with Gasteiger partial charge in [0.05, 0.1) is 12.2 Å². The number of aliphatic hydroxyl groups excluding tert-OH is 2. The molecule has 0 amide bonds. The molecule has 1 aliphatic rings. The van der Waals surface area contributed by atoms with E-state index in [1.54, 1.807) is 0 Å². The molecule has 0 aromatic carbocycles. The molecule has 0 bridgehead atoms. The molecule has 0 radical (unpaired) electrons. The minimum absolute atomic E-state index is 0.124. The van der Waals surface area contributed by atoms with E-state index in [-0.39, 0.29) is 24.0 Å². The van der Waals surface area contributed by atoms with Crippen molar-refractivity contribution in [1.82, 2.24) is 0 Å². The highest BCUT2D eigenvalue weighted by atomic mass is 16.3. The third kappa shape index (κ3) is 2.20. The second-order valence-electron chi connectivity index (χ2n) is 4.25. The van der Waals surface area contributed by atoms with E-state index >= 15 is 0 Å². The summed E-state index contributed by atoms with van der Waals surface area (Å²) in [6.07, 6.45) is 3.54. The zero-order valence-corrected chi connectivity index (χ0v) is 8.03. The van der Waals surface area contributed by atoms with E-state index in [1.807, 2.05) is 13.8 Å². The van der Waals surface area contributed by atoms with Crippen LogP contribution in [0.3, 0.4) is 0 Å². The third-order valence-corrected chi connectivity index (χ3v) is 2.90. The molecule has 0 unspecified atom stereocenters. The van der Waals surface area contributed by atoms with Crippen molar-refractivity contribution in [2.75, 3.05) is 0 Å². The van der Waals surface area contributed by atoms with Crippen molar-refractivity contribution in [3.63, 3.8) is 0 Å². The quantitative estimate of drug-likeness (QED) is 0.663. The van der Waals surface area contributed by atoms with Crippen molar-refractivity contribution in [1.29, 1.82) is 0 Å². The Labute approximate surface area is 74.6 Å². The van der Waals surface area contributed by atoms with Crippen LogP contribution in [-0.2, 0) is 0 Å². The highest BCUT2D eigenvalue weighted by Crippen LogP contribution is 2.29. The van der Waals surface area contributed by atoms with Crippen LogP contribution in [0.5, 0.6) is 0 Å². The molecule has 2 nitrogen and oxygen atoms in total. The molecule has 0 aromatic rings. The van der Waals surface area contributed by atoms with Crippen molar-refractivity contribution in [3.05, 3.63) is 0 Å². The maximum absolute atomic E-state index is 9.76. The Hall–Kier alpha value is -0.0800. The maximum Gasteiger partial charge on any atom is 0.0615 e. The molecule has 1 fully saturated rings. The van der Waals surface area contributed by atoms with Crippen LogP contribution in [-0.4, -0.2) is 22.4 Å². The average Bonchev–Trinajstić information content (AvgIpc) is 2.04. The fourth-order valence-corrected chi connectivity index (χ4v) is 2.03. The topological polar surface area (TPSA) is 40.5 Å². The zero-order valence-electron chi connectivity index (χ0n) is 8.03. The third-order valence-electron chi connectivity index (χ3n) is 2.90. The second kappa shape index (κ2) is 4.24. The average molecular weight is 172 g/mol. The van der Waals surface area contributed by atoms with Crippen LogP contribution >= 0.6 is 0 Å². The molecule has 0 heterocycles. The van der Waals surface area contributed by atoms with Gasteiger partial charge < -0.3 is 10.2 Å². The number of rotatable bonds is 2. The van der Waals surface area contributed by atoms with E-state index in [0.29, 0.717) is 0 Å². The summed E-state index contributed by atoms with van der Waals surface area (Å²) in [7, 11) is 0. The van der Waals surface area contributed by atoms with Gasteiger partial charge in [-0.25, -0.2) is 0 Å². The lowest BCUT2D eigenvalue weighted by atomic mass is 9.79. The molecule has 3 atom stereocenters. The highest BCUT2D eigenvalue weighted by Gasteiger charge is 2.30. The number of hydrogen-bond acceptors (Lipinski definition) is 2. The van der Waals surface area contributed by atoms with E-state index in [2.05, 4.69) is 0 Å². The molecule has 0 saturated heterocycles. The molecular weight excluding hydrogens is 152 g/mol. The Balaban J connectivity index is 2.47. The second-order valence-corrected chi connectivity index (χ2v) is 4.25. The highest BCUT2D eigenvalue weighted by molar-refractivity contribution is 4.81. The van der Waals surface area contributed by atoms with Gasteiger partial charge in [-0.2, -0.15) is 0 Å². The first-order valence-corrected chi connectivity index (χ1v) is 4.99. The van der Waals surface area contributed by atoms with E-state index in [4.69, 9.17) is 0 Å². The molecule has 0 aliphatic heterocycles. The normalized spacial score (nSPS) is 33.8. The molecule has 1 rings (SSSR count). The van der Waals surface area contributed by atoms with Crippen LogP contribution in [0, 0.1) is 11.8 Å². The standard InChI is InChI=1S/C10H20O2/c1-7(2)10(12)8-5-3-4-6-9(8)11/h7-12H,3-6H2,1-2H3/t8-,9-,10-/m0/s1. The lowest BCUT2D eigenvalue weighted by Gasteiger charge is -2.33. The molecule has 1 aliphatic carbocycles. The predicted molar refractivity (Wildman–Crippen MR) is 48.8 cm³/mol. The van der Waals surface area contributed by atoms with Gasteiger partial charge in [0, 0.05) is 5.92 Å². The molecule has 1 saturated carbocycles. The SMILES string of the molecule is CC(C)[C@H](O)[C@H]1CCCC[C@@H]1O. The summed E-state index contributed by atoms with van der Waals surface area (Å²) in [6, 6.07) is 0. The van der Waals surface area contributed by atoms with Crippen LogP contribution in [0.15, 0.2) is 0 Å². The summed E-state index contributed by atoms with van der Waals surface area (Å²) in [6.45, 7) is 4.01. The molecule has 72 valence electrons. The molecule has 2 N–H and O–H groups in total. The van der Waals surface area contributed by atoms with Gasteiger partial charge in [-0.05, 0) is 18.8 Å². The van der Waals surface area contributed by atoms with Crippen molar-refractivity contribution in [2.24, 2.45) is 11.8 Å². The lowest BCUT2D eigenvalue weighted by molar-refractivity contribution is -0.0320. The van der Waals surface area contributed by atoms with Gasteiger partial charge in [-0.1, -0.05) is 26.7 Å². The Kier molecular flexibility index (Phi) is 3.53. The van der Waals surface area contributed by atoms with Crippen molar-refractivity contribution < 1.29 is 10.2 Å².